The number of hydrogen-bond acceptors (Lipinski definition) is 6. The van der Waals surface area contributed by atoms with Crippen molar-refractivity contribution in [3.63, 3.8) is 0 Å². The smallest absolute Gasteiger partial charge is 0.337 e. The Hall–Kier alpha value is -2.22. The number of phenols is 1. The lowest BCUT2D eigenvalue weighted by Gasteiger charge is -2.50. The first-order valence-corrected chi connectivity index (χ1v) is 8.26. The van der Waals surface area contributed by atoms with Crippen LogP contribution in [-0.2, 0) is 13.1 Å². The fourth-order valence-corrected chi connectivity index (χ4v) is 4.37. The van der Waals surface area contributed by atoms with Crippen LogP contribution in [0.4, 0.5) is 0 Å². The number of aromatic hydroxyl groups is 1. The van der Waals surface area contributed by atoms with E-state index in [2.05, 4.69) is 0 Å². The van der Waals surface area contributed by atoms with Gasteiger partial charge in [-0.2, -0.15) is 0 Å². The zero-order valence-corrected chi connectivity index (χ0v) is 13.5. The minimum Gasteiger partial charge on any atom is -0.504 e. The lowest BCUT2D eigenvalue weighted by atomic mass is 10.2. The Kier molecular flexibility index (Phi) is 4.16. The maximum Gasteiger partial charge on any atom is 0.337 e. The molecule has 0 amide bonds. The minimum absolute atomic E-state index is 0.0474. The molecule has 0 spiro atoms. The average molecular weight is 336 g/mol. The number of methoxy groups -OCH3 is 2. The van der Waals surface area contributed by atoms with Gasteiger partial charge in [-0.1, -0.05) is 0 Å². The summed E-state index contributed by atoms with van der Waals surface area (Å²) < 4.78 is 21.4. The highest BCUT2D eigenvalue weighted by molar-refractivity contribution is 8.26. The van der Waals surface area contributed by atoms with Gasteiger partial charge in [-0.25, -0.2) is 13.2 Å². The van der Waals surface area contributed by atoms with Gasteiger partial charge in [0.15, 0.2) is 18.3 Å². The standard InChI is InChI=1S/C16H16O6S/c1-19-15-9-13(7-8-14(15)17)23(21-10-22-23)12-5-3-11(4-6-12)16(18)20-2/h3-9,17H,10H2,1-2H3. The van der Waals surface area contributed by atoms with Gasteiger partial charge in [0.25, 0.3) is 0 Å². The zero-order valence-electron chi connectivity index (χ0n) is 12.6. The van der Waals surface area contributed by atoms with Crippen LogP contribution in [-0.4, -0.2) is 32.1 Å². The van der Waals surface area contributed by atoms with Crippen molar-refractivity contribution in [1.82, 2.24) is 0 Å². The molecule has 0 bridgehead atoms. The van der Waals surface area contributed by atoms with Gasteiger partial charge in [0.05, 0.1) is 29.6 Å². The Balaban J connectivity index is 1.99. The molecule has 1 N–H and O–H groups in total. The van der Waals surface area contributed by atoms with Gasteiger partial charge in [-0.05, 0) is 36.4 Å². The van der Waals surface area contributed by atoms with Crippen molar-refractivity contribution in [1.29, 1.82) is 0 Å². The van der Waals surface area contributed by atoms with Crippen molar-refractivity contribution in [3.05, 3.63) is 48.0 Å². The summed E-state index contributed by atoms with van der Waals surface area (Å²) in [6.45, 7) is 0.192. The molecule has 1 fully saturated rings. The number of benzene rings is 2. The van der Waals surface area contributed by atoms with Crippen molar-refractivity contribution < 1.29 is 27.7 Å². The third-order valence-corrected chi connectivity index (χ3v) is 6.10. The number of esters is 1. The van der Waals surface area contributed by atoms with Crippen LogP contribution >= 0.6 is 10.6 Å². The van der Waals surface area contributed by atoms with Gasteiger partial charge in [-0.15, -0.1) is 10.6 Å². The van der Waals surface area contributed by atoms with E-state index < -0.39 is 16.6 Å². The molecular weight excluding hydrogens is 320 g/mol. The fourth-order valence-electron chi connectivity index (χ4n) is 2.27. The Morgan fingerprint density at radius 2 is 1.74 bits per heavy atom. The van der Waals surface area contributed by atoms with Gasteiger partial charge < -0.3 is 14.6 Å². The number of hydrogen-bond donors (Lipinski definition) is 1. The van der Waals surface area contributed by atoms with E-state index in [4.69, 9.17) is 17.8 Å². The second-order valence-electron chi connectivity index (χ2n) is 4.71. The van der Waals surface area contributed by atoms with Crippen LogP contribution in [0, 0.1) is 0 Å². The number of phenolic OH excluding ortho intramolecular Hbond substituents is 1. The highest BCUT2D eigenvalue weighted by Crippen LogP contribution is 2.70. The van der Waals surface area contributed by atoms with E-state index in [0.717, 1.165) is 9.79 Å². The second kappa shape index (κ2) is 6.11. The third kappa shape index (κ3) is 2.63. The van der Waals surface area contributed by atoms with Crippen LogP contribution in [0.5, 0.6) is 11.5 Å². The molecular formula is C16H16O6S. The maximum absolute atomic E-state index is 11.5. The highest BCUT2D eigenvalue weighted by Gasteiger charge is 2.35. The molecule has 0 radical (unpaired) electrons. The summed E-state index contributed by atoms with van der Waals surface area (Å²) in [4.78, 5) is 13.1. The molecule has 1 aliphatic heterocycles. The van der Waals surface area contributed by atoms with Crippen LogP contribution in [0.1, 0.15) is 10.4 Å². The van der Waals surface area contributed by atoms with E-state index in [1.807, 2.05) is 0 Å². The molecule has 1 saturated heterocycles. The monoisotopic (exact) mass is 336 g/mol. The molecule has 0 aromatic heterocycles. The van der Waals surface area contributed by atoms with Crippen LogP contribution in [0.3, 0.4) is 0 Å². The lowest BCUT2D eigenvalue weighted by molar-refractivity contribution is 0.0459. The Labute approximate surface area is 135 Å². The van der Waals surface area contributed by atoms with E-state index >= 15 is 0 Å². The summed E-state index contributed by atoms with van der Waals surface area (Å²) in [6, 6.07) is 11.9. The SMILES string of the molecule is COC(=O)c1ccc(S2(c3ccc(O)c(OC)c3)OCO2)cc1. The quantitative estimate of drug-likeness (QED) is 0.864. The van der Waals surface area contributed by atoms with Crippen LogP contribution in [0.15, 0.2) is 52.3 Å². The molecule has 7 heteroatoms. The molecule has 0 saturated carbocycles. The Morgan fingerprint density at radius 3 is 2.26 bits per heavy atom. The van der Waals surface area contributed by atoms with Crippen LogP contribution < -0.4 is 4.74 Å². The van der Waals surface area contributed by atoms with Crippen molar-refractivity contribution in [2.24, 2.45) is 0 Å². The van der Waals surface area contributed by atoms with Crippen molar-refractivity contribution in [3.8, 4) is 11.5 Å². The molecule has 23 heavy (non-hydrogen) atoms. The van der Waals surface area contributed by atoms with Gasteiger partial charge in [0, 0.05) is 6.07 Å². The van der Waals surface area contributed by atoms with Gasteiger partial charge in [0.1, 0.15) is 0 Å². The molecule has 3 rings (SSSR count). The lowest BCUT2D eigenvalue weighted by Crippen LogP contribution is -2.22. The Bertz CT molecular complexity index is 724. The fraction of sp³-hybridized carbons (Fsp3) is 0.188. The molecule has 6 nitrogen and oxygen atoms in total. The number of carbonyl (C=O) groups excluding carboxylic acids is 1. The number of ether oxygens (including phenoxy) is 2. The molecule has 0 atom stereocenters. The minimum atomic E-state index is -2.10. The van der Waals surface area contributed by atoms with Crippen LogP contribution in [0.25, 0.3) is 0 Å². The average Bonchev–Trinajstić information content (AvgIpc) is 2.55. The molecule has 122 valence electrons. The predicted molar refractivity (Wildman–Crippen MR) is 83.6 cm³/mol. The second-order valence-corrected chi connectivity index (χ2v) is 7.13. The summed E-state index contributed by atoms with van der Waals surface area (Å²) >= 11 is 0. The van der Waals surface area contributed by atoms with Crippen molar-refractivity contribution >= 4 is 16.6 Å². The van der Waals surface area contributed by atoms with Gasteiger partial charge in [-0.3, -0.25) is 0 Å². The van der Waals surface area contributed by atoms with Crippen molar-refractivity contribution in [2.75, 3.05) is 21.0 Å². The summed E-state index contributed by atoms with van der Waals surface area (Å²) in [6.07, 6.45) is 0. The normalized spacial score (nSPS) is 17.0. The molecule has 2 aromatic rings. The molecule has 2 aromatic carbocycles. The predicted octanol–water partition coefficient (Wildman–Crippen LogP) is 3.24. The Morgan fingerprint density at radius 1 is 1.09 bits per heavy atom. The molecule has 0 aliphatic carbocycles. The zero-order chi connectivity index (χ0) is 16.4. The van der Waals surface area contributed by atoms with E-state index in [1.165, 1.54) is 20.3 Å². The first-order valence-electron chi connectivity index (χ1n) is 6.78. The van der Waals surface area contributed by atoms with E-state index in [-0.39, 0.29) is 12.5 Å². The van der Waals surface area contributed by atoms with Crippen molar-refractivity contribution in [2.45, 2.75) is 9.79 Å². The molecule has 1 heterocycles. The molecule has 1 aliphatic rings. The third-order valence-electron chi connectivity index (χ3n) is 3.48. The summed E-state index contributed by atoms with van der Waals surface area (Å²) in [5.41, 5.74) is 0.452. The van der Waals surface area contributed by atoms with Crippen LogP contribution in [0.2, 0.25) is 0 Å². The van der Waals surface area contributed by atoms with Gasteiger partial charge in [0.2, 0.25) is 0 Å². The van der Waals surface area contributed by atoms with Gasteiger partial charge >= 0.3 is 5.97 Å². The number of rotatable bonds is 4. The number of carbonyl (C=O) groups is 1. The topological polar surface area (TPSA) is 74.2 Å². The first-order chi connectivity index (χ1) is 11.1. The first kappa shape index (κ1) is 15.7. The molecule has 0 unspecified atom stereocenters. The summed E-state index contributed by atoms with van der Waals surface area (Å²) in [7, 11) is 0.722. The maximum atomic E-state index is 11.5. The van der Waals surface area contributed by atoms with E-state index in [1.54, 1.807) is 36.4 Å². The summed E-state index contributed by atoms with van der Waals surface area (Å²) in [5.74, 6) is -0.00633. The summed E-state index contributed by atoms with van der Waals surface area (Å²) in [5, 5.41) is 9.74. The largest absolute Gasteiger partial charge is 0.504 e. The highest BCUT2D eigenvalue weighted by atomic mass is 32.3. The van der Waals surface area contributed by atoms with E-state index in [0.29, 0.717) is 11.3 Å². The van der Waals surface area contributed by atoms with E-state index in [9.17, 15) is 9.90 Å².